The summed E-state index contributed by atoms with van der Waals surface area (Å²) in [7, 11) is -4.81. The van der Waals surface area contributed by atoms with Gasteiger partial charge in [-0.15, -0.1) is 0 Å². The molecule has 8 nitrogen and oxygen atoms in total. The molecular formula is C23H22F2N4O4S. The van der Waals surface area contributed by atoms with E-state index in [1.54, 1.807) is 0 Å². The lowest BCUT2D eigenvalue weighted by Gasteiger charge is -2.27. The third-order valence-electron chi connectivity index (χ3n) is 4.78. The molecule has 0 saturated heterocycles. The SMILES string of the molecule is CC(C)(C)CN(Cc1cc(-c2cccnc2C#N)n(S(=O)(=O)c2c(F)cccc2F)c1)C(=O)O. The number of aromatic nitrogens is 2. The van der Waals surface area contributed by atoms with Gasteiger partial charge in [0.15, 0.2) is 4.90 Å². The number of halogens is 2. The normalized spacial score (nSPS) is 11.8. The van der Waals surface area contributed by atoms with Gasteiger partial charge in [0.25, 0.3) is 10.0 Å². The highest BCUT2D eigenvalue weighted by Gasteiger charge is 2.30. The van der Waals surface area contributed by atoms with Crippen LogP contribution in [0.4, 0.5) is 13.6 Å². The van der Waals surface area contributed by atoms with Gasteiger partial charge in [-0.3, -0.25) is 0 Å². The summed E-state index contributed by atoms with van der Waals surface area (Å²) in [6, 6.07) is 8.83. The molecule has 0 fully saturated rings. The van der Waals surface area contributed by atoms with Crippen molar-refractivity contribution < 1.29 is 27.1 Å². The average Bonchev–Trinajstić information content (AvgIpc) is 3.16. The minimum atomic E-state index is -4.81. The lowest BCUT2D eigenvalue weighted by molar-refractivity contribution is 0.123. The number of carbonyl (C=O) groups is 1. The summed E-state index contributed by atoms with van der Waals surface area (Å²) >= 11 is 0. The second-order valence-electron chi connectivity index (χ2n) is 8.80. The highest BCUT2D eigenvalue weighted by Crippen LogP contribution is 2.31. The Labute approximate surface area is 195 Å². The van der Waals surface area contributed by atoms with Crippen molar-refractivity contribution in [2.24, 2.45) is 5.41 Å². The number of nitriles is 1. The van der Waals surface area contributed by atoms with Gasteiger partial charge in [0.2, 0.25) is 0 Å². The molecular weight excluding hydrogens is 466 g/mol. The van der Waals surface area contributed by atoms with Crippen molar-refractivity contribution in [1.29, 1.82) is 5.26 Å². The quantitative estimate of drug-likeness (QED) is 0.548. The fourth-order valence-corrected chi connectivity index (χ4v) is 5.00. The van der Waals surface area contributed by atoms with E-state index in [1.165, 1.54) is 24.4 Å². The van der Waals surface area contributed by atoms with E-state index in [0.29, 0.717) is 3.97 Å². The smallest absolute Gasteiger partial charge is 0.407 e. The van der Waals surface area contributed by atoms with E-state index in [9.17, 15) is 32.4 Å². The molecule has 0 spiro atoms. The molecule has 2 heterocycles. The molecule has 1 aromatic carbocycles. The molecule has 0 unspecified atom stereocenters. The summed E-state index contributed by atoms with van der Waals surface area (Å²) in [4.78, 5) is 15.7. The van der Waals surface area contributed by atoms with E-state index < -0.39 is 32.6 Å². The van der Waals surface area contributed by atoms with Crippen LogP contribution in [0.3, 0.4) is 0 Å². The van der Waals surface area contributed by atoms with Gasteiger partial charge in [-0.1, -0.05) is 26.8 Å². The maximum atomic E-state index is 14.4. The van der Waals surface area contributed by atoms with Crippen molar-refractivity contribution in [3.8, 4) is 17.3 Å². The Morgan fingerprint density at radius 3 is 2.41 bits per heavy atom. The number of rotatable bonds is 6. The van der Waals surface area contributed by atoms with E-state index in [-0.39, 0.29) is 41.0 Å². The number of pyridine rings is 1. The van der Waals surface area contributed by atoms with Gasteiger partial charge in [0, 0.05) is 24.5 Å². The van der Waals surface area contributed by atoms with Crippen LogP contribution in [0.25, 0.3) is 11.3 Å². The maximum absolute atomic E-state index is 14.4. The minimum Gasteiger partial charge on any atom is -0.465 e. The third-order valence-corrected chi connectivity index (χ3v) is 6.50. The number of amides is 1. The van der Waals surface area contributed by atoms with Crippen molar-refractivity contribution >= 4 is 16.1 Å². The number of benzene rings is 1. The second kappa shape index (κ2) is 9.23. The zero-order valence-electron chi connectivity index (χ0n) is 18.7. The van der Waals surface area contributed by atoms with E-state index in [2.05, 4.69) is 4.98 Å². The molecule has 0 radical (unpaired) electrons. The summed E-state index contributed by atoms with van der Waals surface area (Å²) in [5.41, 5.74) is -0.224. The lowest BCUT2D eigenvalue weighted by Crippen LogP contribution is -2.36. The predicted octanol–water partition coefficient (Wildman–Crippen LogP) is 4.46. The molecule has 0 bridgehead atoms. The van der Waals surface area contributed by atoms with Crippen LogP contribution in [0.15, 0.2) is 53.7 Å². The Hall–Kier alpha value is -3.78. The van der Waals surface area contributed by atoms with Crippen LogP contribution in [-0.4, -0.2) is 40.0 Å². The molecule has 1 amide bonds. The molecule has 2 aromatic heterocycles. The number of nitrogens with zero attached hydrogens (tertiary/aromatic N) is 4. The Morgan fingerprint density at radius 1 is 1.21 bits per heavy atom. The van der Waals surface area contributed by atoms with E-state index in [1.807, 2.05) is 26.8 Å². The van der Waals surface area contributed by atoms with Crippen molar-refractivity contribution in [3.05, 3.63) is 71.7 Å². The van der Waals surface area contributed by atoms with Crippen LogP contribution in [0.5, 0.6) is 0 Å². The molecule has 0 aliphatic heterocycles. The highest BCUT2D eigenvalue weighted by molar-refractivity contribution is 7.90. The van der Waals surface area contributed by atoms with Crippen LogP contribution in [-0.2, 0) is 16.6 Å². The number of hydrogen-bond donors (Lipinski definition) is 1. The second-order valence-corrected chi connectivity index (χ2v) is 10.5. The van der Waals surface area contributed by atoms with Gasteiger partial charge >= 0.3 is 6.09 Å². The van der Waals surface area contributed by atoms with E-state index in [0.717, 1.165) is 29.3 Å². The number of carboxylic acid groups (broad SMARTS) is 1. The van der Waals surface area contributed by atoms with Crippen LogP contribution in [0, 0.1) is 28.4 Å². The molecule has 3 aromatic rings. The topological polar surface area (TPSA) is 116 Å². The van der Waals surface area contributed by atoms with Gasteiger partial charge in [0.1, 0.15) is 23.4 Å². The Morgan fingerprint density at radius 2 is 1.85 bits per heavy atom. The largest absolute Gasteiger partial charge is 0.465 e. The molecule has 34 heavy (non-hydrogen) atoms. The van der Waals surface area contributed by atoms with Crippen molar-refractivity contribution in [2.45, 2.75) is 32.2 Å². The highest BCUT2D eigenvalue weighted by atomic mass is 32.2. The first-order chi connectivity index (χ1) is 15.8. The van der Waals surface area contributed by atoms with Crippen molar-refractivity contribution in [2.75, 3.05) is 6.54 Å². The van der Waals surface area contributed by atoms with Gasteiger partial charge in [-0.2, -0.15) is 5.26 Å². The van der Waals surface area contributed by atoms with Crippen molar-refractivity contribution in [3.63, 3.8) is 0 Å². The third kappa shape index (κ3) is 5.07. The fourth-order valence-electron chi connectivity index (χ4n) is 3.49. The predicted molar refractivity (Wildman–Crippen MR) is 119 cm³/mol. The summed E-state index contributed by atoms with van der Waals surface area (Å²) < 4.78 is 56.3. The molecule has 3 rings (SSSR count). The zero-order chi connectivity index (χ0) is 25.3. The first-order valence-electron chi connectivity index (χ1n) is 10.1. The van der Waals surface area contributed by atoms with Crippen molar-refractivity contribution in [1.82, 2.24) is 13.9 Å². The van der Waals surface area contributed by atoms with Crippen LogP contribution >= 0.6 is 0 Å². The Kier molecular flexibility index (Phi) is 6.74. The van der Waals surface area contributed by atoms with Gasteiger partial charge in [-0.25, -0.2) is 30.9 Å². The molecule has 11 heteroatoms. The fraction of sp³-hybridized carbons (Fsp3) is 0.261. The Bertz CT molecular complexity index is 1370. The minimum absolute atomic E-state index is 0.0802. The molecule has 0 saturated carbocycles. The van der Waals surface area contributed by atoms with Gasteiger partial charge in [0.05, 0.1) is 12.2 Å². The molecule has 0 atom stereocenters. The zero-order valence-corrected chi connectivity index (χ0v) is 19.5. The summed E-state index contributed by atoms with van der Waals surface area (Å²) in [5.74, 6) is -2.57. The summed E-state index contributed by atoms with van der Waals surface area (Å²) in [6.45, 7) is 5.50. The Balaban J connectivity index is 2.24. The van der Waals surface area contributed by atoms with Gasteiger partial charge in [-0.05, 0) is 41.3 Å². The number of hydrogen-bond acceptors (Lipinski definition) is 5. The standard InChI is InChI=1S/C23H22F2N4O4S/c1-23(2,3)14-28(22(30)31)12-15-10-20(16-6-5-9-27-19(16)11-26)29(13-15)34(32,33)21-17(24)7-4-8-18(21)25/h4-10,13H,12,14H2,1-3H3,(H,30,31). The molecule has 178 valence electrons. The van der Waals surface area contributed by atoms with E-state index >= 15 is 0 Å². The van der Waals surface area contributed by atoms with Gasteiger partial charge < -0.3 is 10.0 Å². The monoisotopic (exact) mass is 488 g/mol. The maximum Gasteiger partial charge on any atom is 0.407 e. The van der Waals surface area contributed by atoms with Crippen LogP contribution in [0.2, 0.25) is 0 Å². The van der Waals surface area contributed by atoms with Crippen LogP contribution < -0.4 is 0 Å². The lowest BCUT2D eigenvalue weighted by atomic mass is 9.96. The molecule has 1 N–H and O–H groups in total. The first-order valence-corrected chi connectivity index (χ1v) is 11.5. The molecule has 0 aliphatic carbocycles. The average molecular weight is 489 g/mol. The summed E-state index contributed by atoms with van der Waals surface area (Å²) in [5, 5.41) is 19.1. The van der Waals surface area contributed by atoms with Crippen LogP contribution in [0.1, 0.15) is 32.0 Å². The molecule has 0 aliphatic rings. The van der Waals surface area contributed by atoms with E-state index in [4.69, 9.17) is 0 Å². The summed E-state index contributed by atoms with van der Waals surface area (Å²) in [6.07, 6.45) is 1.23. The first kappa shape index (κ1) is 24.9.